The van der Waals surface area contributed by atoms with Crippen molar-refractivity contribution in [3.8, 4) is 0 Å². The van der Waals surface area contributed by atoms with E-state index in [1.807, 2.05) is 30.3 Å². The third kappa shape index (κ3) is 2.22. The number of fused-ring (bicyclic) bond motifs is 1. The van der Waals surface area contributed by atoms with Crippen molar-refractivity contribution in [1.29, 1.82) is 0 Å². The van der Waals surface area contributed by atoms with Crippen LogP contribution in [0.3, 0.4) is 0 Å². The second-order valence-corrected chi connectivity index (χ2v) is 7.68. The van der Waals surface area contributed by atoms with Gasteiger partial charge in [0.15, 0.2) is 12.0 Å². The average Bonchev–Trinajstić information content (AvgIpc) is 3.16. The molecule has 3 atom stereocenters. The predicted molar refractivity (Wildman–Crippen MR) is 77.4 cm³/mol. The van der Waals surface area contributed by atoms with Gasteiger partial charge in [-0.3, -0.25) is 4.21 Å². The molecule has 1 aromatic heterocycles. The predicted octanol–water partition coefficient (Wildman–Crippen LogP) is 3.19. The number of alkyl halides is 3. The summed E-state index contributed by atoms with van der Waals surface area (Å²) in [5.41, 5.74) is 0.867. The van der Waals surface area contributed by atoms with Crippen molar-refractivity contribution in [2.75, 3.05) is 0 Å². The summed E-state index contributed by atoms with van der Waals surface area (Å²) in [6.07, 6.45) is -3.45. The number of benzene rings is 1. The van der Waals surface area contributed by atoms with E-state index in [9.17, 15) is 17.4 Å². The van der Waals surface area contributed by atoms with Crippen LogP contribution in [0.5, 0.6) is 0 Å². The summed E-state index contributed by atoms with van der Waals surface area (Å²) < 4.78 is 52.7. The van der Waals surface area contributed by atoms with Crippen LogP contribution in [0.4, 0.5) is 13.2 Å². The normalized spacial score (nSPS) is 26.3. The van der Waals surface area contributed by atoms with E-state index in [2.05, 4.69) is 10.1 Å². The minimum absolute atomic E-state index is 0.0762. The van der Waals surface area contributed by atoms with Gasteiger partial charge in [0, 0.05) is 6.42 Å². The van der Waals surface area contributed by atoms with Crippen molar-refractivity contribution in [1.82, 2.24) is 14.8 Å². The molecule has 2 aliphatic rings. The summed E-state index contributed by atoms with van der Waals surface area (Å²) in [5, 5.41) is 3.94. The van der Waals surface area contributed by atoms with Crippen molar-refractivity contribution in [3.63, 3.8) is 0 Å². The lowest BCUT2D eigenvalue weighted by atomic mass is 10.0. The second-order valence-electron chi connectivity index (χ2n) is 5.96. The van der Waals surface area contributed by atoms with E-state index in [1.54, 1.807) is 0 Å². The Morgan fingerprint density at radius 2 is 1.96 bits per heavy atom. The van der Waals surface area contributed by atoms with Crippen LogP contribution >= 0.6 is 0 Å². The molecule has 0 bridgehead atoms. The standard InChI is InChI=1S/C15H14F3N3OS/c16-10-8-11(9-4-2-1-3-5-9)21-12(10)19-14(20-21)23(22)15(6-7-15)13(17)18/h1-5,10-11,13H,6-8H2. The summed E-state index contributed by atoms with van der Waals surface area (Å²) in [7, 11) is -2.02. The molecule has 2 aromatic rings. The molecule has 0 radical (unpaired) electrons. The summed E-state index contributed by atoms with van der Waals surface area (Å²) in [6.45, 7) is 0. The van der Waals surface area contributed by atoms with E-state index in [0.29, 0.717) is 0 Å². The van der Waals surface area contributed by atoms with E-state index in [1.165, 1.54) is 4.68 Å². The molecule has 1 aliphatic carbocycles. The smallest absolute Gasteiger partial charge is 0.250 e. The van der Waals surface area contributed by atoms with Gasteiger partial charge >= 0.3 is 0 Å². The highest BCUT2D eigenvalue weighted by atomic mass is 32.2. The molecule has 0 spiro atoms. The first kappa shape index (κ1) is 14.9. The van der Waals surface area contributed by atoms with Crippen molar-refractivity contribution in [2.45, 2.75) is 47.8 Å². The maximum absolute atomic E-state index is 14.2. The SMILES string of the molecule is O=S(c1nc2n(n1)C(c1ccccc1)CC2F)C1(C(F)F)CC1. The number of aromatic nitrogens is 3. The van der Waals surface area contributed by atoms with Gasteiger partial charge in [-0.15, -0.1) is 5.10 Å². The zero-order chi connectivity index (χ0) is 16.2. The number of halogens is 3. The van der Waals surface area contributed by atoms with Crippen molar-refractivity contribution < 1.29 is 17.4 Å². The van der Waals surface area contributed by atoms with Crippen molar-refractivity contribution in [3.05, 3.63) is 41.7 Å². The Hall–Kier alpha value is -1.70. The average molecular weight is 341 g/mol. The van der Waals surface area contributed by atoms with Crippen LogP contribution in [-0.2, 0) is 10.8 Å². The van der Waals surface area contributed by atoms with Gasteiger partial charge in [-0.2, -0.15) is 0 Å². The summed E-state index contributed by atoms with van der Waals surface area (Å²) >= 11 is 0. The fourth-order valence-corrected chi connectivity index (χ4v) is 4.32. The van der Waals surface area contributed by atoms with Crippen LogP contribution in [0.25, 0.3) is 0 Å². The quantitative estimate of drug-likeness (QED) is 0.858. The highest BCUT2D eigenvalue weighted by Gasteiger charge is 2.58. The zero-order valence-corrected chi connectivity index (χ0v) is 12.8. The van der Waals surface area contributed by atoms with Gasteiger partial charge in [0.05, 0.1) is 6.04 Å². The second kappa shape index (κ2) is 5.15. The van der Waals surface area contributed by atoms with E-state index in [-0.39, 0.29) is 36.3 Å². The Morgan fingerprint density at radius 3 is 2.57 bits per heavy atom. The van der Waals surface area contributed by atoms with Crippen LogP contribution in [0.2, 0.25) is 0 Å². The van der Waals surface area contributed by atoms with Crippen LogP contribution < -0.4 is 0 Å². The minimum atomic E-state index is -2.69. The fourth-order valence-electron chi connectivity index (χ4n) is 2.98. The number of nitrogens with zero attached hydrogens (tertiary/aromatic N) is 3. The van der Waals surface area contributed by atoms with Gasteiger partial charge in [-0.25, -0.2) is 22.8 Å². The largest absolute Gasteiger partial charge is 0.256 e. The Balaban J connectivity index is 1.70. The van der Waals surface area contributed by atoms with Crippen LogP contribution in [0.1, 0.15) is 42.9 Å². The maximum Gasteiger partial charge on any atom is 0.256 e. The number of hydrogen-bond acceptors (Lipinski definition) is 3. The molecule has 0 amide bonds. The molecule has 0 N–H and O–H groups in total. The minimum Gasteiger partial charge on any atom is -0.250 e. The van der Waals surface area contributed by atoms with Gasteiger partial charge < -0.3 is 0 Å². The third-order valence-corrected chi connectivity index (χ3v) is 6.33. The Bertz CT molecular complexity index is 761. The van der Waals surface area contributed by atoms with Gasteiger partial charge in [0.1, 0.15) is 15.5 Å². The van der Waals surface area contributed by atoms with E-state index < -0.39 is 28.1 Å². The molecule has 0 saturated heterocycles. The monoisotopic (exact) mass is 341 g/mol. The molecule has 1 fully saturated rings. The van der Waals surface area contributed by atoms with Crippen molar-refractivity contribution in [2.24, 2.45) is 0 Å². The van der Waals surface area contributed by atoms with Gasteiger partial charge in [0.25, 0.3) is 6.43 Å². The summed E-state index contributed by atoms with van der Waals surface area (Å²) in [5.74, 6) is 0.0762. The first-order valence-corrected chi connectivity index (χ1v) is 8.53. The van der Waals surface area contributed by atoms with Crippen molar-refractivity contribution >= 4 is 10.8 Å². The third-order valence-electron chi connectivity index (χ3n) is 4.50. The highest BCUT2D eigenvalue weighted by molar-refractivity contribution is 7.86. The van der Waals surface area contributed by atoms with E-state index in [4.69, 9.17) is 0 Å². The molecule has 122 valence electrons. The van der Waals surface area contributed by atoms with Crippen LogP contribution in [0, 0.1) is 0 Å². The zero-order valence-electron chi connectivity index (χ0n) is 12.0. The Kier molecular flexibility index (Phi) is 3.33. The lowest BCUT2D eigenvalue weighted by molar-refractivity contribution is 0.135. The van der Waals surface area contributed by atoms with Crippen LogP contribution in [0.15, 0.2) is 35.5 Å². The number of hydrogen-bond donors (Lipinski definition) is 0. The molecule has 2 heterocycles. The lowest BCUT2D eigenvalue weighted by Gasteiger charge is -2.13. The molecule has 1 aromatic carbocycles. The van der Waals surface area contributed by atoms with Gasteiger partial charge in [-0.1, -0.05) is 30.3 Å². The fraction of sp³-hybridized carbons (Fsp3) is 0.467. The first-order chi connectivity index (χ1) is 11.0. The van der Waals surface area contributed by atoms with E-state index in [0.717, 1.165) is 5.56 Å². The van der Waals surface area contributed by atoms with Crippen LogP contribution in [-0.4, -0.2) is 30.1 Å². The first-order valence-electron chi connectivity index (χ1n) is 7.38. The molecular formula is C15H14F3N3OS. The Morgan fingerprint density at radius 1 is 1.26 bits per heavy atom. The molecule has 1 aliphatic heterocycles. The maximum atomic E-state index is 14.2. The molecule has 8 heteroatoms. The molecule has 4 rings (SSSR count). The topological polar surface area (TPSA) is 47.8 Å². The summed E-state index contributed by atoms with van der Waals surface area (Å²) in [4.78, 5) is 3.98. The molecule has 4 nitrogen and oxygen atoms in total. The van der Waals surface area contributed by atoms with Gasteiger partial charge in [-0.05, 0) is 18.4 Å². The molecule has 3 unspecified atom stereocenters. The van der Waals surface area contributed by atoms with E-state index >= 15 is 0 Å². The molecule has 1 saturated carbocycles. The lowest BCUT2D eigenvalue weighted by Crippen LogP contribution is -2.27. The number of rotatable bonds is 4. The molecule has 23 heavy (non-hydrogen) atoms. The van der Waals surface area contributed by atoms with Gasteiger partial charge in [0.2, 0.25) is 5.16 Å². The highest BCUT2D eigenvalue weighted by Crippen LogP contribution is 2.49. The molecular weight excluding hydrogens is 327 g/mol. The Labute approximate surface area is 133 Å². The summed E-state index contributed by atoms with van der Waals surface area (Å²) in [6, 6.07) is 8.90.